The van der Waals surface area contributed by atoms with Gasteiger partial charge in [0.25, 0.3) is 5.91 Å². The molecule has 132 valence electrons. The lowest BCUT2D eigenvalue weighted by molar-refractivity contribution is 0.100. The molecule has 0 saturated heterocycles. The molecule has 0 bridgehead atoms. The van der Waals surface area contributed by atoms with Crippen LogP contribution in [-0.2, 0) is 0 Å². The van der Waals surface area contributed by atoms with Crippen LogP contribution in [-0.4, -0.2) is 22.5 Å². The van der Waals surface area contributed by atoms with Crippen LogP contribution in [0.15, 0.2) is 60.8 Å². The van der Waals surface area contributed by atoms with Gasteiger partial charge in [0, 0.05) is 23.6 Å². The topological polar surface area (TPSA) is 102 Å². The number of nitrogens with one attached hydrogen (secondary N) is 2. The molecule has 0 saturated carbocycles. The van der Waals surface area contributed by atoms with Crippen LogP contribution in [0.4, 0.5) is 23.1 Å². The number of carbonyl (C=O) groups is 1. The highest BCUT2D eigenvalue weighted by Crippen LogP contribution is 2.23. The molecule has 0 atom stereocenters. The molecular weight excluding hydrogens is 330 g/mol. The summed E-state index contributed by atoms with van der Waals surface area (Å²) in [7, 11) is 0. The second-order valence-electron chi connectivity index (χ2n) is 5.40. The molecule has 1 amide bonds. The van der Waals surface area contributed by atoms with Crippen LogP contribution in [0.3, 0.4) is 0 Å². The molecule has 1 aromatic heterocycles. The van der Waals surface area contributed by atoms with Gasteiger partial charge in [0.05, 0.1) is 6.61 Å². The van der Waals surface area contributed by atoms with Crippen molar-refractivity contribution in [1.29, 1.82) is 0 Å². The molecule has 26 heavy (non-hydrogen) atoms. The Bertz CT molecular complexity index is 899. The Balaban J connectivity index is 1.87. The second kappa shape index (κ2) is 7.98. The number of para-hydroxylation sites is 1. The minimum absolute atomic E-state index is 0.211. The van der Waals surface area contributed by atoms with Gasteiger partial charge in [-0.05, 0) is 31.2 Å². The molecule has 0 aliphatic rings. The van der Waals surface area contributed by atoms with Crippen molar-refractivity contribution in [2.45, 2.75) is 6.92 Å². The molecule has 7 nitrogen and oxygen atoms in total. The summed E-state index contributed by atoms with van der Waals surface area (Å²) >= 11 is 0. The first kappa shape index (κ1) is 17.2. The number of nitrogens with zero attached hydrogens (tertiary/aromatic N) is 2. The van der Waals surface area contributed by atoms with E-state index in [0.29, 0.717) is 18.4 Å². The molecule has 0 fully saturated rings. The number of amides is 1. The number of anilines is 4. The normalized spacial score (nSPS) is 10.2. The Morgan fingerprint density at radius 1 is 1.08 bits per heavy atom. The summed E-state index contributed by atoms with van der Waals surface area (Å²) < 4.78 is 5.48. The number of benzene rings is 2. The van der Waals surface area contributed by atoms with Crippen molar-refractivity contribution >= 4 is 29.0 Å². The number of hydrogen-bond donors (Lipinski definition) is 3. The maximum atomic E-state index is 11.7. The zero-order valence-electron chi connectivity index (χ0n) is 14.3. The van der Waals surface area contributed by atoms with Gasteiger partial charge in [0.15, 0.2) is 0 Å². The third-order valence-corrected chi connectivity index (χ3v) is 3.49. The van der Waals surface area contributed by atoms with E-state index < -0.39 is 5.91 Å². The average molecular weight is 349 g/mol. The SMILES string of the molecule is CCOc1cccc(Nc2ncc(C(N)=O)c(Nc3ccccc3)n2)c1. The molecule has 0 aliphatic carbocycles. The Labute approximate surface area is 151 Å². The standard InChI is InChI=1S/C19H19N5O2/c1-2-26-15-10-6-9-14(11-15)23-19-21-12-16(17(20)25)18(24-19)22-13-7-4-3-5-8-13/h3-12H,2H2,1H3,(H2,20,25)(H2,21,22,23,24). The van der Waals surface area contributed by atoms with E-state index in [1.165, 1.54) is 6.20 Å². The third-order valence-electron chi connectivity index (χ3n) is 3.49. The van der Waals surface area contributed by atoms with E-state index in [4.69, 9.17) is 10.5 Å². The lowest BCUT2D eigenvalue weighted by Crippen LogP contribution is -2.15. The van der Waals surface area contributed by atoms with Crippen LogP contribution < -0.4 is 21.1 Å². The first-order valence-corrected chi connectivity index (χ1v) is 8.14. The highest BCUT2D eigenvalue weighted by atomic mass is 16.5. The van der Waals surface area contributed by atoms with Gasteiger partial charge >= 0.3 is 0 Å². The van der Waals surface area contributed by atoms with E-state index in [0.717, 1.165) is 17.1 Å². The summed E-state index contributed by atoms with van der Waals surface area (Å²) in [5, 5.41) is 6.20. The third kappa shape index (κ3) is 4.27. The van der Waals surface area contributed by atoms with Crippen molar-refractivity contribution in [3.63, 3.8) is 0 Å². The summed E-state index contributed by atoms with van der Waals surface area (Å²) in [6.07, 6.45) is 1.40. The van der Waals surface area contributed by atoms with Crippen molar-refractivity contribution in [3.8, 4) is 5.75 Å². The molecule has 3 rings (SSSR count). The number of hydrogen-bond acceptors (Lipinski definition) is 6. The average Bonchev–Trinajstić information content (AvgIpc) is 2.63. The van der Waals surface area contributed by atoms with Crippen molar-refractivity contribution in [3.05, 3.63) is 66.4 Å². The van der Waals surface area contributed by atoms with Gasteiger partial charge in [-0.15, -0.1) is 0 Å². The summed E-state index contributed by atoms with van der Waals surface area (Å²) in [4.78, 5) is 20.2. The fourth-order valence-corrected chi connectivity index (χ4v) is 2.34. The van der Waals surface area contributed by atoms with Crippen molar-refractivity contribution in [1.82, 2.24) is 9.97 Å². The number of carbonyl (C=O) groups excluding carboxylic acids is 1. The first-order valence-electron chi connectivity index (χ1n) is 8.14. The van der Waals surface area contributed by atoms with Crippen molar-refractivity contribution in [2.24, 2.45) is 5.73 Å². The molecule has 2 aromatic carbocycles. The number of nitrogens with two attached hydrogens (primary N) is 1. The Morgan fingerprint density at radius 3 is 2.58 bits per heavy atom. The van der Waals surface area contributed by atoms with Gasteiger partial charge < -0.3 is 21.1 Å². The predicted molar refractivity (Wildman–Crippen MR) is 101 cm³/mol. The zero-order valence-corrected chi connectivity index (χ0v) is 14.3. The van der Waals surface area contributed by atoms with E-state index in [2.05, 4.69) is 20.6 Å². The van der Waals surface area contributed by atoms with Crippen LogP contribution in [0.25, 0.3) is 0 Å². The van der Waals surface area contributed by atoms with Crippen LogP contribution in [0.5, 0.6) is 5.75 Å². The highest BCUT2D eigenvalue weighted by molar-refractivity contribution is 5.98. The fourth-order valence-electron chi connectivity index (χ4n) is 2.34. The molecule has 0 unspecified atom stereocenters. The number of primary amides is 1. The van der Waals surface area contributed by atoms with E-state index >= 15 is 0 Å². The largest absolute Gasteiger partial charge is 0.494 e. The lowest BCUT2D eigenvalue weighted by atomic mass is 10.2. The van der Waals surface area contributed by atoms with Gasteiger partial charge in [-0.1, -0.05) is 24.3 Å². The monoisotopic (exact) mass is 349 g/mol. The van der Waals surface area contributed by atoms with Crippen LogP contribution >= 0.6 is 0 Å². The molecule has 3 aromatic rings. The minimum Gasteiger partial charge on any atom is -0.494 e. The Kier molecular flexibility index (Phi) is 5.28. The molecule has 0 spiro atoms. The Hall–Kier alpha value is -3.61. The van der Waals surface area contributed by atoms with Gasteiger partial charge in [0.1, 0.15) is 17.1 Å². The van der Waals surface area contributed by atoms with E-state index in [9.17, 15) is 4.79 Å². The second-order valence-corrected chi connectivity index (χ2v) is 5.40. The maximum absolute atomic E-state index is 11.7. The highest BCUT2D eigenvalue weighted by Gasteiger charge is 2.13. The number of rotatable bonds is 7. The number of aromatic nitrogens is 2. The maximum Gasteiger partial charge on any atom is 0.254 e. The molecule has 0 aliphatic heterocycles. The van der Waals surface area contributed by atoms with Gasteiger partial charge in [-0.2, -0.15) is 4.98 Å². The van der Waals surface area contributed by atoms with Gasteiger partial charge in [0.2, 0.25) is 5.95 Å². The molecule has 4 N–H and O–H groups in total. The summed E-state index contributed by atoms with van der Waals surface area (Å²) in [6.45, 7) is 2.51. The predicted octanol–water partition coefficient (Wildman–Crippen LogP) is 3.46. The van der Waals surface area contributed by atoms with E-state index in [-0.39, 0.29) is 5.56 Å². The van der Waals surface area contributed by atoms with Crippen molar-refractivity contribution < 1.29 is 9.53 Å². The minimum atomic E-state index is -0.603. The molecular formula is C19H19N5O2. The molecule has 7 heteroatoms. The smallest absolute Gasteiger partial charge is 0.254 e. The zero-order chi connectivity index (χ0) is 18.4. The quantitative estimate of drug-likeness (QED) is 0.604. The molecule has 1 heterocycles. The lowest BCUT2D eigenvalue weighted by Gasteiger charge is -2.12. The van der Waals surface area contributed by atoms with Crippen LogP contribution in [0.1, 0.15) is 17.3 Å². The summed E-state index contributed by atoms with van der Waals surface area (Å²) in [5.41, 5.74) is 7.20. The first-order chi connectivity index (χ1) is 12.7. The van der Waals surface area contributed by atoms with E-state index in [1.54, 1.807) is 0 Å². The van der Waals surface area contributed by atoms with Crippen molar-refractivity contribution in [2.75, 3.05) is 17.2 Å². The van der Waals surface area contributed by atoms with E-state index in [1.807, 2.05) is 61.5 Å². The van der Waals surface area contributed by atoms with Crippen LogP contribution in [0, 0.1) is 0 Å². The molecule has 0 radical (unpaired) electrons. The fraction of sp³-hybridized carbons (Fsp3) is 0.105. The Morgan fingerprint density at radius 2 is 1.85 bits per heavy atom. The summed E-state index contributed by atoms with van der Waals surface area (Å²) in [5.74, 6) is 0.812. The summed E-state index contributed by atoms with van der Waals surface area (Å²) in [6, 6.07) is 16.9. The number of ether oxygens (including phenoxy) is 1. The van der Waals surface area contributed by atoms with Gasteiger partial charge in [-0.25, -0.2) is 4.98 Å². The van der Waals surface area contributed by atoms with Crippen LogP contribution in [0.2, 0.25) is 0 Å². The van der Waals surface area contributed by atoms with Gasteiger partial charge in [-0.3, -0.25) is 4.79 Å².